The lowest BCUT2D eigenvalue weighted by molar-refractivity contribution is 0.199. The van der Waals surface area contributed by atoms with Gasteiger partial charge in [0.1, 0.15) is 0 Å². The summed E-state index contributed by atoms with van der Waals surface area (Å²) in [7, 11) is -3.11. The van der Waals surface area contributed by atoms with Gasteiger partial charge in [-0.15, -0.1) is 0 Å². The van der Waals surface area contributed by atoms with Crippen LogP contribution in [0.4, 0.5) is 0 Å². The minimum atomic E-state index is -3.11. The van der Waals surface area contributed by atoms with E-state index in [9.17, 15) is 8.42 Å². The number of piperidine rings is 1. The van der Waals surface area contributed by atoms with Crippen molar-refractivity contribution >= 4 is 21.8 Å². The van der Waals surface area contributed by atoms with Gasteiger partial charge in [0.15, 0.2) is 5.16 Å². The summed E-state index contributed by atoms with van der Waals surface area (Å²) in [6.07, 6.45) is 7.81. The highest BCUT2D eigenvalue weighted by molar-refractivity contribution is 7.99. The molecule has 1 aromatic rings. The minimum absolute atomic E-state index is 0.0619. The molecule has 1 saturated heterocycles. The first-order chi connectivity index (χ1) is 10.9. The molecule has 2 heterocycles. The van der Waals surface area contributed by atoms with Crippen molar-refractivity contribution in [1.29, 1.82) is 0 Å². The molecule has 1 aliphatic heterocycles. The first-order valence-electron chi connectivity index (χ1n) is 8.03. The summed E-state index contributed by atoms with van der Waals surface area (Å²) in [5.41, 5.74) is 1.10. The molecular weight excluding hydrogens is 332 g/mol. The van der Waals surface area contributed by atoms with E-state index >= 15 is 0 Å². The highest BCUT2D eigenvalue weighted by Crippen LogP contribution is 2.21. The fourth-order valence-electron chi connectivity index (χ4n) is 2.52. The van der Waals surface area contributed by atoms with Crippen molar-refractivity contribution in [2.45, 2.75) is 56.1 Å². The summed E-state index contributed by atoms with van der Waals surface area (Å²) in [5, 5.41) is 1.36. The highest BCUT2D eigenvalue weighted by atomic mass is 32.2. The SMILES string of the molecule is CCC(C)Sc1ncc(CN2CCC(NS(C)(=O)=O)CC2)cn1. The van der Waals surface area contributed by atoms with Gasteiger partial charge in [0.2, 0.25) is 10.0 Å². The van der Waals surface area contributed by atoms with Gasteiger partial charge in [-0.25, -0.2) is 23.1 Å². The van der Waals surface area contributed by atoms with Crippen molar-refractivity contribution < 1.29 is 8.42 Å². The number of rotatable bonds is 7. The molecule has 1 aromatic heterocycles. The van der Waals surface area contributed by atoms with E-state index in [1.807, 2.05) is 12.4 Å². The predicted octanol–water partition coefficient (Wildman–Crippen LogP) is 1.88. The molecular formula is C15H26N4O2S2. The highest BCUT2D eigenvalue weighted by Gasteiger charge is 2.21. The molecule has 8 heteroatoms. The third-order valence-corrected chi connectivity index (χ3v) is 5.86. The lowest BCUT2D eigenvalue weighted by atomic mass is 10.1. The molecule has 0 aliphatic carbocycles. The second kappa shape index (κ2) is 8.41. The summed E-state index contributed by atoms with van der Waals surface area (Å²) in [6, 6.07) is 0.0619. The Bertz CT molecular complexity index is 584. The van der Waals surface area contributed by atoms with Gasteiger partial charge in [-0.1, -0.05) is 25.6 Å². The summed E-state index contributed by atoms with van der Waals surface area (Å²) < 4.78 is 25.2. The standard InChI is InChI=1S/C15H26N4O2S2/c1-4-12(2)22-15-16-9-13(10-17-15)11-19-7-5-14(6-8-19)18-23(3,20)21/h9-10,12,14,18H,4-8,11H2,1-3H3. The molecule has 0 amide bonds. The number of nitrogens with one attached hydrogen (secondary N) is 1. The van der Waals surface area contributed by atoms with E-state index in [1.54, 1.807) is 11.8 Å². The molecule has 130 valence electrons. The fourth-order valence-corrected chi connectivity index (χ4v) is 4.11. The number of aromatic nitrogens is 2. The summed E-state index contributed by atoms with van der Waals surface area (Å²) in [5.74, 6) is 0. The topological polar surface area (TPSA) is 75.2 Å². The number of thioether (sulfide) groups is 1. The summed E-state index contributed by atoms with van der Waals surface area (Å²) in [6.45, 7) is 6.93. The van der Waals surface area contributed by atoms with Gasteiger partial charge < -0.3 is 0 Å². The Morgan fingerprint density at radius 1 is 1.35 bits per heavy atom. The number of hydrogen-bond acceptors (Lipinski definition) is 6. The quantitative estimate of drug-likeness (QED) is 0.592. The zero-order valence-electron chi connectivity index (χ0n) is 14.0. The smallest absolute Gasteiger partial charge is 0.208 e. The Hall–Kier alpha value is -0.700. The second-order valence-electron chi connectivity index (χ2n) is 6.15. The first-order valence-corrected chi connectivity index (χ1v) is 10.8. The summed E-state index contributed by atoms with van der Waals surface area (Å²) in [4.78, 5) is 11.2. The molecule has 1 N–H and O–H groups in total. The van der Waals surface area contributed by atoms with Crippen LogP contribution in [-0.4, -0.2) is 53.9 Å². The van der Waals surface area contributed by atoms with Crippen LogP contribution in [0.3, 0.4) is 0 Å². The van der Waals surface area contributed by atoms with Crippen LogP contribution in [0, 0.1) is 0 Å². The van der Waals surface area contributed by atoms with Gasteiger partial charge >= 0.3 is 0 Å². The maximum atomic E-state index is 11.3. The minimum Gasteiger partial charge on any atom is -0.299 e. The molecule has 0 aromatic carbocycles. The van der Waals surface area contributed by atoms with Crippen LogP contribution >= 0.6 is 11.8 Å². The second-order valence-corrected chi connectivity index (χ2v) is 9.34. The Labute approximate surface area is 143 Å². The molecule has 2 rings (SSSR count). The van der Waals surface area contributed by atoms with E-state index in [0.29, 0.717) is 5.25 Å². The molecule has 23 heavy (non-hydrogen) atoms. The van der Waals surface area contributed by atoms with Gasteiger partial charge in [-0.05, 0) is 19.3 Å². The van der Waals surface area contributed by atoms with E-state index in [0.717, 1.165) is 49.6 Å². The molecule has 1 atom stereocenters. The fraction of sp³-hybridized carbons (Fsp3) is 0.733. The lowest BCUT2D eigenvalue weighted by Gasteiger charge is -2.31. The van der Waals surface area contributed by atoms with Crippen molar-refractivity contribution in [1.82, 2.24) is 19.6 Å². The molecule has 1 fully saturated rings. The van der Waals surface area contributed by atoms with Crippen LogP contribution in [0.25, 0.3) is 0 Å². The number of hydrogen-bond donors (Lipinski definition) is 1. The van der Waals surface area contributed by atoms with Gasteiger partial charge in [0, 0.05) is 48.9 Å². The van der Waals surface area contributed by atoms with Crippen molar-refractivity contribution in [2.24, 2.45) is 0 Å². The van der Waals surface area contributed by atoms with Crippen LogP contribution < -0.4 is 4.72 Å². The maximum Gasteiger partial charge on any atom is 0.208 e. The monoisotopic (exact) mass is 358 g/mol. The third-order valence-electron chi connectivity index (χ3n) is 3.94. The molecule has 6 nitrogen and oxygen atoms in total. The van der Waals surface area contributed by atoms with Crippen molar-refractivity contribution in [3.8, 4) is 0 Å². The van der Waals surface area contributed by atoms with Crippen molar-refractivity contribution in [3.63, 3.8) is 0 Å². The molecule has 0 saturated carbocycles. The normalized spacial score (nSPS) is 18.9. The largest absolute Gasteiger partial charge is 0.299 e. The summed E-state index contributed by atoms with van der Waals surface area (Å²) >= 11 is 1.70. The number of sulfonamides is 1. The van der Waals surface area contributed by atoms with Crippen molar-refractivity contribution in [2.75, 3.05) is 19.3 Å². The molecule has 0 radical (unpaired) electrons. The molecule has 1 unspecified atom stereocenters. The third kappa shape index (κ3) is 6.74. The van der Waals surface area contributed by atoms with Crippen LogP contribution in [0.15, 0.2) is 17.6 Å². The number of nitrogens with zero attached hydrogens (tertiary/aromatic N) is 3. The lowest BCUT2D eigenvalue weighted by Crippen LogP contribution is -2.43. The number of likely N-dealkylation sites (tertiary alicyclic amines) is 1. The Morgan fingerprint density at radius 2 is 1.96 bits per heavy atom. The van der Waals surface area contributed by atoms with Gasteiger partial charge in [-0.2, -0.15) is 0 Å². The van der Waals surface area contributed by atoms with Gasteiger partial charge in [0.05, 0.1) is 6.26 Å². The van der Waals surface area contributed by atoms with E-state index in [2.05, 4.69) is 33.4 Å². The average molecular weight is 359 g/mol. The first kappa shape index (κ1) is 18.6. The molecule has 1 aliphatic rings. The van der Waals surface area contributed by atoms with Crippen LogP contribution in [0.5, 0.6) is 0 Å². The Morgan fingerprint density at radius 3 is 2.48 bits per heavy atom. The van der Waals surface area contributed by atoms with E-state index in [1.165, 1.54) is 6.26 Å². The average Bonchev–Trinajstić information content (AvgIpc) is 2.49. The Balaban J connectivity index is 1.80. The predicted molar refractivity (Wildman–Crippen MR) is 93.9 cm³/mol. The molecule has 0 spiro atoms. The van der Waals surface area contributed by atoms with Crippen LogP contribution in [0.1, 0.15) is 38.7 Å². The van der Waals surface area contributed by atoms with Crippen LogP contribution in [0.2, 0.25) is 0 Å². The zero-order valence-corrected chi connectivity index (χ0v) is 15.7. The zero-order chi connectivity index (χ0) is 16.9. The van der Waals surface area contributed by atoms with E-state index in [-0.39, 0.29) is 6.04 Å². The van der Waals surface area contributed by atoms with Crippen molar-refractivity contribution in [3.05, 3.63) is 18.0 Å². The van der Waals surface area contributed by atoms with Crippen LogP contribution in [-0.2, 0) is 16.6 Å². The van der Waals surface area contributed by atoms with Gasteiger partial charge in [0.25, 0.3) is 0 Å². The Kier molecular flexibility index (Phi) is 6.82. The van der Waals surface area contributed by atoms with E-state index < -0.39 is 10.0 Å². The molecule has 0 bridgehead atoms. The van der Waals surface area contributed by atoms with Gasteiger partial charge in [-0.3, -0.25) is 4.90 Å². The maximum absolute atomic E-state index is 11.3. The van der Waals surface area contributed by atoms with E-state index in [4.69, 9.17) is 0 Å².